The molecule has 0 spiro atoms. The largest absolute Gasteiger partial charge is 0.468 e. The Morgan fingerprint density at radius 3 is 2.65 bits per heavy atom. The Morgan fingerprint density at radius 2 is 2.06 bits per heavy atom. The van der Waals surface area contributed by atoms with Gasteiger partial charge < -0.3 is 9.84 Å². The zero-order valence-corrected chi connectivity index (χ0v) is 10.7. The number of aliphatic hydroxyl groups excluding tert-OH is 1. The predicted octanol–water partition coefficient (Wildman–Crippen LogP) is -0.370. The van der Waals surface area contributed by atoms with Gasteiger partial charge in [0.2, 0.25) is 10.0 Å². The highest BCUT2D eigenvalue weighted by molar-refractivity contribution is 7.90. The molecule has 1 aliphatic carbocycles. The molecule has 0 bridgehead atoms. The normalized spacial score (nSPS) is 25.5. The van der Waals surface area contributed by atoms with Gasteiger partial charge in [0.25, 0.3) is 0 Å². The molecule has 1 rings (SSSR count). The molecule has 1 fully saturated rings. The fourth-order valence-corrected chi connectivity index (χ4v) is 3.35. The summed E-state index contributed by atoms with van der Waals surface area (Å²) < 4.78 is 30.1. The van der Waals surface area contributed by atoms with Gasteiger partial charge in [0.1, 0.15) is 0 Å². The molecule has 6 nitrogen and oxygen atoms in total. The van der Waals surface area contributed by atoms with Crippen LogP contribution >= 0.6 is 0 Å². The first-order valence-electron chi connectivity index (χ1n) is 5.66. The van der Waals surface area contributed by atoms with Crippen LogP contribution in [0.4, 0.5) is 0 Å². The van der Waals surface area contributed by atoms with E-state index < -0.39 is 21.7 Å². The van der Waals surface area contributed by atoms with Gasteiger partial charge in [0.15, 0.2) is 5.75 Å². The van der Waals surface area contributed by atoms with Crippen molar-refractivity contribution in [2.75, 3.05) is 19.5 Å². The van der Waals surface area contributed by atoms with E-state index in [1.165, 1.54) is 0 Å². The van der Waals surface area contributed by atoms with Crippen molar-refractivity contribution in [3.05, 3.63) is 0 Å². The van der Waals surface area contributed by atoms with E-state index in [1.54, 1.807) is 0 Å². The Balaban J connectivity index is 2.59. The van der Waals surface area contributed by atoms with Crippen LogP contribution in [0, 0.1) is 5.92 Å². The summed E-state index contributed by atoms with van der Waals surface area (Å²) in [7, 11) is -2.52. The molecule has 0 aromatic carbocycles. The average Bonchev–Trinajstić information content (AvgIpc) is 2.28. The fraction of sp³-hybridized carbons (Fsp3) is 0.900. The third-order valence-corrected chi connectivity index (χ3v) is 4.29. The molecule has 2 N–H and O–H groups in total. The van der Waals surface area contributed by atoms with Gasteiger partial charge in [-0.25, -0.2) is 13.1 Å². The standard InChI is InChI=1S/C10H19NO5S/c1-16-10(13)7-17(14,15)11-9-5-3-2-4-8(9)6-12/h8-9,11-12H,2-7H2,1H3. The second-order valence-electron chi connectivity index (χ2n) is 4.29. The molecule has 0 aromatic rings. The van der Waals surface area contributed by atoms with Crippen LogP contribution in [-0.2, 0) is 19.6 Å². The van der Waals surface area contributed by atoms with E-state index in [2.05, 4.69) is 9.46 Å². The van der Waals surface area contributed by atoms with E-state index in [4.69, 9.17) is 5.11 Å². The van der Waals surface area contributed by atoms with Gasteiger partial charge in [-0.15, -0.1) is 0 Å². The van der Waals surface area contributed by atoms with Crippen molar-refractivity contribution in [3.8, 4) is 0 Å². The molecule has 0 radical (unpaired) electrons. The van der Waals surface area contributed by atoms with Crippen LogP contribution in [0.5, 0.6) is 0 Å². The first-order chi connectivity index (χ1) is 7.98. The topological polar surface area (TPSA) is 92.7 Å². The maximum absolute atomic E-state index is 11.6. The van der Waals surface area contributed by atoms with Crippen LogP contribution in [0.25, 0.3) is 0 Å². The molecule has 100 valence electrons. The Labute approximate surface area is 101 Å². The van der Waals surface area contributed by atoms with Crippen LogP contribution < -0.4 is 4.72 Å². The summed E-state index contributed by atoms with van der Waals surface area (Å²) in [5.74, 6) is -1.51. The molecule has 0 heterocycles. The fourth-order valence-electron chi connectivity index (χ4n) is 2.07. The van der Waals surface area contributed by atoms with E-state index in [-0.39, 0.29) is 18.6 Å². The highest BCUT2D eigenvalue weighted by Gasteiger charge is 2.29. The Hall–Kier alpha value is -0.660. The number of hydrogen-bond donors (Lipinski definition) is 2. The van der Waals surface area contributed by atoms with Crippen molar-refractivity contribution < 1.29 is 23.1 Å². The molecule has 0 amide bonds. The molecule has 0 aliphatic heterocycles. The van der Waals surface area contributed by atoms with E-state index in [0.717, 1.165) is 26.4 Å². The highest BCUT2D eigenvalue weighted by atomic mass is 32.2. The maximum Gasteiger partial charge on any atom is 0.322 e. The van der Waals surface area contributed by atoms with Crippen molar-refractivity contribution in [1.29, 1.82) is 0 Å². The zero-order valence-electron chi connectivity index (χ0n) is 9.89. The molecule has 1 aliphatic rings. The number of sulfonamides is 1. The molecular weight excluding hydrogens is 246 g/mol. The first kappa shape index (κ1) is 14.4. The quantitative estimate of drug-likeness (QED) is 0.662. The Morgan fingerprint density at radius 1 is 1.41 bits per heavy atom. The summed E-state index contributed by atoms with van der Waals surface area (Å²) in [4.78, 5) is 10.9. The van der Waals surface area contributed by atoms with Crippen LogP contribution in [-0.4, -0.2) is 45.0 Å². The minimum atomic E-state index is -3.67. The van der Waals surface area contributed by atoms with Gasteiger partial charge in [0, 0.05) is 12.6 Å². The molecule has 2 unspecified atom stereocenters. The second-order valence-corrected chi connectivity index (χ2v) is 6.04. The first-order valence-corrected chi connectivity index (χ1v) is 7.31. The van der Waals surface area contributed by atoms with E-state index >= 15 is 0 Å². The van der Waals surface area contributed by atoms with Crippen molar-refractivity contribution in [1.82, 2.24) is 4.72 Å². The number of carbonyl (C=O) groups is 1. The number of hydrogen-bond acceptors (Lipinski definition) is 5. The van der Waals surface area contributed by atoms with Crippen molar-refractivity contribution in [2.45, 2.75) is 31.7 Å². The van der Waals surface area contributed by atoms with Gasteiger partial charge in [-0.1, -0.05) is 12.8 Å². The number of methoxy groups -OCH3 is 1. The minimum Gasteiger partial charge on any atom is -0.468 e. The van der Waals surface area contributed by atoms with Crippen LogP contribution in [0.2, 0.25) is 0 Å². The van der Waals surface area contributed by atoms with E-state index in [0.29, 0.717) is 6.42 Å². The lowest BCUT2D eigenvalue weighted by Crippen LogP contribution is -2.45. The lowest BCUT2D eigenvalue weighted by molar-refractivity contribution is -0.137. The van der Waals surface area contributed by atoms with Crippen molar-refractivity contribution in [3.63, 3.8) is 0 Å². The van der Waals surface area contributed by atoms with Crippen LogP contribution in [0.1, 0.15) is 25.7 Å². The maximum atomic E-state index is 11.6. The number of esters is 1. The number of carbonyl (C=O) groups excluding carboxylic acids is 1. The lowest BCUT2D eigenvalue weighted by atomic mass is 9.86. The second kappa shape index (κ2) is 6.32. The number of aliphatic hydroxyl groups is 1. The third kappa shape index (κ3) is 4.61. The van der Waals surface area contributed by atoms with Crippen LogP contribution in [0.15, 0.2) is 0 Å². The summed E-state index contributed by atoms with van der Waals surface area (Å²) in [6, 6.07) is -0.275. The monoisotopic (exact) mass is 265 g/mol. The summed E-state index contributed by atoms with van der Waals surface area (Å²) in [6.45, 7) is -0.0363. The average molecular weight is 265 g/mol. The lowest BCUT2D eigenvalue weighted by Gasteiger charge is -2.30. The predicted molar refractivity (Wildman–Crippen MR) is 61.8 cm³/mol. The van der Waals surface area contributed by atoms with Crippen molar-refractivity contribution in [2.24, 2.45) is 5.92 Å². The Bertz CT molecular complexity index is 354. The zero-order chi connectivity index (χ0) is 12.9. The molecular formula is C10H19NO5S. The molecule has 0 saturated heterocycles. The summed E-state index contributed by atoms with van der Waals surface area (Å²) in [5, 5.41) is 9.16. The SMILES string of the molecule is COC(=O)CS(=O)(=O)NC1CCCCC1CO. The highest BCUT2D eigenvalue weighted by Crippen LogP contribution is 2.24. The number of ether oxygens (including phenoxy) is 1. The van der Waals surface area contributed by atoms with E-state index in [9.17, 15) is 13.2 Å². The summed E-state index contributed by atoms with van der Waals surface area (Å²) in [5.41, 5.74) is 0. The van der Waals surface area contributed by atoms with Gasteiger partial charge in [-0.2, -0.15) is 0 Å². The van der Waals surface area contributed by atoms with Crippen LogP contribution in [0.3, 0.4) is 0 Å². The van der Waals surface area contributed by atoms with Crippen molar-refractivity contribution >= 4 is 16.0 Å². The summed E-state index contributed by atoms with van der Waals surface area (Å²) >= 11 is 0. The number of nitrogens with one attached hydrogen (secondary N) is 1. The molecule has 17 heavy (non-hydrogen) atoms. The van der Waals surface area contributed by atoms with Gasteiger partial charge >= 0.3 is 5.97 Å². The van der Waals surface area contributed by atoms with Gasteiger partial charge in [-0.05, 0) is 18.8 Å². The number of rotatable bonds is 5. The summed E-state index contributed by atoms with van der Waals surface area (Å²) in [6.07, 6.45) is 3.44. The molecule has 0 aromatic heterocycles. The molecule has 7 heteroatoms. The van der Waals surface area contributed by atoms with E-state index in [1.807, 2.05) is 0 Å². The van der Waals surface area contributed by atoms with Gasteiger partial charge in [0.05, 0.1) is 7.11 Å². The molecule has 2 atom stereocenters. The smallest absolute Gasteiger partial charge is 0.322 e. The van der Waals surface area contributed by atoms with Gasteiger partial charge in [-0.3, -0.25) is 4.79 Å². The third-order valence-electron chi connectivity index (χ3n) is 3.01. The minimum absolute atomic E-state index is 0.0363. The molecule has 1 saturated carbocycles. The Kier molecular flexibility index (Phi) is 5.35.